The van der Waals surface area contributed by atoms with Crippen LogP contribution < -0.4 is 16.4 Å². The minimum absolute atomic E-state index is 0.192. The second kappa shape index (κ2) is 8.27. The molecule has 0 aromatic heterocycles. The van der Waals surface area contributed by atoms with Gasteiger partial charge in [0.25, 0.3) is 0 Å². The van der Waals surface area contributed by atoms with E-state index in [1.165, 1.54) is 6.07 Å². The number of anilines is 2. The number of nitrogens with two attached hydrogens (primary N) is 1. The molecule has 9 heteroatoms. The van der Waals surface area contributed by atoms with E-state index in [4.69, 9.17) is 26.8 Å². The molecule has 0 aliphatic rings. The van der Waals surface area contributed by atoms with Crippen molar-refractivity contribution in [1.29, 1.82) is 0 Å². The minimum atomic E-state index is -0.886. The molecule has 0 radical (unpaired) electrons. The molecule has 8 nitrogen and oxygen atoms in total. The van der Waals surface area contributed by atoms with Gasteiger partial charge in [-0.05, 0) is 59.7 Å². The van der Waals surface area contributed by atoms with Gasteiger partial charge in [-0.1, -0.05) is 11.6 Å². The number of rotatable bonds is 1. The zero-order valence-electron chi connectivity index (χ0n) is 15.8. The highest BCUT2D eigenvalue weighted by atomic mass is 35.5. The van der Waals surface area contributed by atoms with Crippen molar-refractivity contribution in [3.63, 3.8) is 0 Å². The summed E-state index contributed by atoms with van der Waals surface area (Å²) in [6.45, 7) is 10.2. The minimum Gasteiger partial charge on any atom is -0.444 e. The number of alkyl carbamates (subject to hydrolysis) is 1. The first-order valence-electron chi connectivity index (χ1n) is 7.89. The number of ether oxygens (including phenoxy) is 2. The lowest BCUT2D eigenvalue weighted by Crippen LogP contribution is -2.40. The Morgan fingerprint density at radius 1 is 1.08 bits per heavy atom. The smallest absolute Gasteiger partial charge is 0.437 e. The molecule has 0 saturated carbocycles. The maximum Gasteiger partial charge on any atom is 0.437 e. The fourth-order valence-electron chi connectivity index (χ4n) is 1.64. The highest BCUT2D eigenvalue weighted by Crippen LogP contribution is 2.22. The molecule has 144 valence electrons. The number of halogens is 1. The van der Waals surface area contributed by atoms with E-state index in [1.54, 1.807) is 53.7 Å². The number of carbonyl (C=O) groups excluding carboxylic acids is 2. The average Bonchev–Trinajstić information content (AvgIpc) is 2.37. The summed E-state index contributed by atoms with van der Waals surface area (Å²) in [5, 5.41) is 5.57. The highest BCUT2D eigenvalue weighted by molar-refractivity contribution is 6.31. The summed E-state index contributed by atoms with van der Waals surface area (Å²) in [7, 11) is 0. The van der Waals surface area contributed by atoms with Crippen LogP contribution in [-0.2, 0) is 9.47 Å². The zero-order valence-corrected chi connectivity index (χ0v) is 16.5. The normalized spacial score (nSPS) is 12.3. The Bertz CT molecular complexity index is 706. The van der Waals surface area contributed by atoms with Crippen LogP contribution in [0.15, 0.2) is 23.2 Å². The third kappa shape index (κ3) is 8.57. The van der Waals surface area contributed by atoms with Gasteiger partial charge in [0.2, 0.25) is 5.96 Å². The van der Waals surface area contributed by atoms with Crippen LogP contribution in [-0.4, -0.2) is 29.3 Å². The molecule has 0 saturated heterocycles. The Hall–Kier alpha value is -2.48. The number of carbonyl (C=O) groups is 2. The van der Waals surface area contributed by atoms with E-state index in [-0.39, 0.29) is 5.96 Å². The third-order valence-electron chi connectivity index (χ3n) is 2.48. The number of guanidine groups is 1. The van der Waals surface area contributed by atoms with Gasteiger partial charge in [-0.15, -0.1) is 4.99 Å². The molecular formula is C17H25ClN4O4. The van der Waals surface area contributed by atoms with Gasteiger partial charge in [0.15, 0.2) is 0 Å². The molecule has 26 heavy (non-hydrogen) atoms. The Kier molecular flexibility index (Phi) is 6.86. The van der Waals surface area contributed by atoms with Gasteiger partial charge >= 0.3 is 12.2 Å². The molecule has 0 bridgehead atoms. The molecule has 1 rings (SSSR count). The number of benzene rings is 1. The summed E-state index contributed by atoms with van der Waals surface area (Å²) in [5.41, 5.74) is 5.11. The Labute approximate surface area is 158 Å². The van der Waals surface area contributed by atoms with Gasteiger partial charge < -0.3 is 20.5 Å². The van der Waals surface area contributed by atoms with Crippen molar-refractivity contribution in [2.24, 2.45) is 4.99 Å². The summed E-state index contributed by atoms with van der Waals surface area (Å²) >= 11 is 5.87. The predicted octanol–water partition coefficient (Wildman–Crippen LogP) is 4.15. The molecule has 0 aliphatic carbocycles. The first-order chi connectivity index (χ1) is 11.7. The van der Waals surface area contributed by atoms with E-state index in [1.807, 2.05) is 0 Å². The van der Waals surface area contributed by atoms with Crippen molar-refractivity contribution in [1.82, 2.24) is 5.32 Å². The average molecular weight is 385 g/mol. The van der Waals surface area contributed by atoms with Crippen LogP contribution in [0.4, 0.5) is 21.0 Å². The molecule has 0 unspecified atom stereocenters. The van der Waals surface area contributed by atoms with Crippen molar-refractivity contribution >= 4 is 41.1 Å². The third-order valence-corrected chi connectivity index (χ3v) is 2.72. The Morgan fingerprint density at radius 2 is 1.65 bits per heavy atom. The number of amides is 2. The zero-order chi connectivity index (χ0) is 20.1. The topological polar surface area (TPSA) is 115 Å². The molecule has 0 spiro atoms. The standard InChI is InChI=1S/C17H25ClN4O4/c1-16(2,3)25-14(23)21-13(22-15(24)26-17(4,5)6)20-12-8-7-10(18)9-11(12)19/h7-9H,19H2,1-6H3,(H2,20,21,22,23,24). The fourth-order valence-corrected chi connectivity index (χ4v) is 1.82. The number of hydrogen-bond acceptors (Lipinski definition) is 5. The molecular weight excluding hydrogens is 360 g/mol. The van der Waals surface area contributed by atoms with Gasteiger partial charge in [-0.25, -0.2) is 9.59 Å². The molecule has 0 atom stereocenters. The van der Waals surface area contributed by atoms with E-state index in [9.17, 15) is 9.59 Å². The second-order valence-corrected chi connectivity index (χ2v) is 7.86. The van der Waals surface area contributed by atoms with Gasteiger partial charge in [0, 0.05) is 5.02 Å². The molecule has 0 aliphatic heterocycles. The van der Waals surface area contributed by atoms with E-state index in [0.717, 1.165) is 0 Å². The van der Waals surface area contributed by atoms with E-state index >= 15 is 0 Å². The van der Waals surface area contributed by atoms with Crippen LogP contribution in [0.25, 0.3) is 0 Å². The number of hydrogen-bond donors (Lipinski definition) is 3. The van der Waals surface area contributed by atoms with Gasteiger partial charge in [-0.3, -0.25) is 5.32 Å². The van der Waals surface area contributed by atoms with Gasteiger partial charge in [0.1, 0.15) is 11.2 Å². The first-order valence-corrected chi connectivity index (χ1v) is 8.27. The molecule has 0 fully saturated rings. The number of nitrogen functional groups attached to an aromatic ring is 1. The van der Waals surface area contributed by atoms with E-state index < -0.39 is 23.4 Å². The number of nitrogens with one attached hydrogen (secondary N) is 2. The second-order valence-electron chi connectivity index (χ2n) is 7.42. The maximum atomic E-state index is 12.0. The molecule has 4 N–H and O–H groups in total. The van der Waals surface area contributed by atoms with Crippen LogP contribution >= 0.6 is 11.6 Å². The van der Waals surface area contributed by atoms with Crippen molar-refractivity contribution in [3.05, 3.63) is 23.2 Å². The lowest BCUT2D eigenvalue weighted by atomic mass is 10.2. The van der Waals surface area contributed by atoms with Crippen LogP contribution in [0.3, 0.4) is 0 Å². The lowest BCUT2D eigenvalue weighted by Gasteiger charge is -2.21. The molecule has 1 aromatic carbocycles. The summed E-state index contributed by atoms with van der Waals surface area (Å²) in [4.78, 5) is 27.7. The van der Waals surface area contributed by atoms with E-state index in [2.05, 4.69) is 15.6 Å². The van der Waals surface area contributed by atoms with Crippen LogP contribution in [0.1, 0.15) is 41.5 Å². The van der Waals surface area contributed by atoms with Crippen LogP contribution in [0.5, 0.6) is 0 Å². The number of nitrogens with zero attached hydrogens (tertiary/aromatic N) is 1. The number of aliphatic imine (C=N–C) groups is 1. The summed E-state index contributed by atoms with van der Waals surface area (Å²) < 4.78 is 10.3. The Balaban J connectivity index is 3.04. The van der Waals surface area contributed by atoms with Crippen molar-refractivity contribution in [3.8, 4) is 0 Å². The first kappa shape index (κ1) is 21.6. The van der Waals surface area contributed by atoms with Crippen molar-refractivity contribution < 1.29 is 19.1 Å². The predicted molar refractivity (Wildman–Crippen MR) is 103 cm³/mol. The SMILES string of the molecule is CC(C)(C)OC(=O)N=C(NC(=O)OC(C)(C)C)Nc1ccc(Cl)cc1N. The fraction of sp³-hybridized carbons (Fsp3) is 0.471. The highest BCUT2D eigenvalue weighted by Gasteiger charge is 2.20. The van der Waals surface area contributed by atoms with Crippen molar-refractivity contribution in [2.75, 3.05) is 11.1 Å². The van der Waals surface area contributed by atoms with Gasteiger partial charge in [0.05, 0.1) is 11.4 Å². The van der Waals surface area contributed by atoms with Crippen molar-refractivity contribution in [2.45, 2.75) is 52.7 Å². The van der Waals surface area contributed by atoms with Crippen LogP contribution in [0, 0.1) is 0 Å². The molecule has 1 aromatic rings. The van der Waals surface area contributed by atoms with Gasteiger partial charge in [-0.2, -0.15) is 0 Å². The quantitative estimate of drug-likeness (QED) is 0.380. The molecule has 2 amide bonds. The summed E-state index contributed by atoms with van der Waals surface area (Å²) in [6.07, 6.45) is -1.68. The summed E-state index contributed by atoms with van der Waals surface area (Å²) in [6, 6.07) is 4.69. The Morgan fingerprint density at radius 3 is 2.15 bits per heavy atom. The monoisotopic (exact) mass is 384 g/mol. The lowest BCUT2D eigenvalue weighted by molar-refractivity contribution is 0.0562. The van der Waals surface area contributed by atoms with Crippen LogP contribution in [0.2, 0.25) is 5.02 Å². The summed E-state index contributed by atoms with van der Waals surface area (Å²) in [5.74, 6) is -0.192. The molecule has 0 heterocycles. The van der Waals surface area contributed by atoms with E-state index in [0.29, 0.717) is 16.4 Å². The largest absolute Gasteiger partial charge is 0.444 e. The maximum absolute atomic E-state index is 12.0.